The first-order valence-corrected chi connectivity index (χ1v) is 39.3. The number of para-hydroxylation sites is 1. The number of benzene rings is 18. The molecule has 20 aromatic rings. The highest BCUT2D eigenvalue weighted by molar-refractivity contribution is 6.14. The van der Waals surface area contributed by atoms with Crippen LogP contribution < -0.4 is 9.80 Å². The monoisotopic (exact) mass is 1450 g/mol. The number of nitrogens with zero attached hydrogens (tertiary/aromatic N) is 2. The molecule has 0 saturated heterocycles. The van der Waals surface area contributed by atoms with Gasteiger partial charge in [0.05, 0.1) is 10.8 Å². The number of rotatable bonds is 15. The van der Waals surface area contributed by atoms with Crippen molar-refractivity contribution in [2.45, 2.75) is 10.8 Å². The van der Waals surface area contributed by atoms with Gasteiger partial charge in [-0.3, -0.25) is 0 Å². The fraction of sp³-hybridized carbons (Fsp3) is 0.0182. The number of hydrogen-bond acceptors (Lipinski definition) is 4. The van der Waals surface area contributed by atoms with Crippen LogP contribution in [0.15, 0.2) is 446 Å². The molecule has 114 heavy (non-hydrogen) atoms. The van der Waals surface area contributed by atoms with E-state index in [2.05, 4.69) is 447 Å². The molecule has 4 heteroatoms. The SMILES string of the molecule is c1ccc(-c2ccc(N(c3ccc(-c4ccc(C5(c6ccccc6)c6ccccc6-c6c5ccc5c6oc6ccccc65)cc4)cc3)c3ccc(-c4ccc5c(c4)oc4c6c(ccc45)C(c4ccccc4)(c4ccc(N(c5ccc(-c7ccccc7)cc5)c5ccc(-c7ccccc7)cc5)cc4)c4ccccc4-6)cc3)cc2)cc1. The lowest BCUT2D eigenvalue weighted by Crippen LogP contribution is -2.28. The predicted molar refractivity (Wildman–Crippen MR) is 472 cm³/mol. The summed E-state index contributed by atoms with van der Waals surface area (Å²) < 4.78 is 14.2. The van der Waals surface area contributed by atoms with Crippen LogP contribution in [0.2, 0.25) is 0 Å². The molecule has 2 atom stereocenters. The third-order valence-electron chi connectivity index (χ3n) is 24.1. The average molecular weight is 1450 g/mol. The largest absolute Gasteiger partial charge is 0.455 e. The molecule has 22 rings (SSSR count). The van der Waals surface area contributed by atoms with Gasteiger partial charge in [0.2, 0.25) is 0 Å². The van der Waals surface area contributed by atoms with Crippen LogP contribution in [0.5, 0.6) is 0 Å². The minimum atomic E-state index is -0.672. The Balaban J connectivity index is 0.600. The maximum absolute atomic E-state index is 7.34. The summed E-state index contributed by atoms with van der Waals surface area (Å²) in [6, 6.07) is 160. The van der Waals surface area contributed by atoms with Crippen LogP contribution in [0.25, 0.3) is 122 Å². The third-order valence-corrected chi connectivity index (χ3v) is 24.1. The second kappa shape index (κ2) is 27.0. The fourth-order valence-corrected chi connectivity index (χ4v) is 18.8. The highest BCUT2D eigenvalue weighted by atomic mass is 16.3. The summed E-state index contributed by atoms with van der Waals surface area (Å²) in [6.45, 7) is 0. The lowest BCUT2D eigenvalue weighted by Gasteiger charge is -2.34. The molecule has 0 spiro atoms. The van der Waals surface area contributed by atoms with Crippen molar-refractivity contribution in [1.29, 1.82) is 0 Å². The van der Waals surface area contributed by atoms with E-state index < -0.39 is 10.8 Å². The van der Waals surface area contributed by atoms with Crippen LogP contribution in [0.4, 0.5) is 34.1 Å². The smallest absolute Gasteiger partial charge is 0.143 e. The molecule has 0 N–H and O–H groups in total. The van der Waals surface area contributed by atoms with E-state index in [0.29, 0.717) is 0 Å². The van der Waals surface area contributed by atoms with Crippen LogP contribution in [-0.2, 0) is 10.8 Å². The first-order chi connectivity index (χ1) is 56.5. The molecule has 2 aliphatic carbocycles. The summed E-state index contributed by atoms with van der Waals surface area (Å²) in [5, 5.41) is 4.44. The Kier molecular flexibility index (Phi) is 15.7. The number of furan rings is 2. The second-order valence-corrected chi connectivity index (χ2v) is 30.1. The summed E-state index contributed by atoms with van der Waals surface area (Å²) in [5.74, 6) is 0. The van der Waals surface area contributed by atoms with Crippen molar-refractivity contribution in [3.05, 3.63) is 481 Å². The maximum Gasteiger partial charge on any atom is 0.143 e. The number of anilines is 6. The van der Waals surface area contributed by atoms with Gasteiger partial charge in [0.15, 0.2) is 0 Å². The predicted octanol–water partition coefficient (Wildman–Crippen LogP) is 29.5. The van der Waals surface area contributed by atoms with E-state index >= 15 is 0 Å². The van der Waals surface area contributed by atoms with Crippen molar-refractivity contribution in [3.8, 4) is 77.9 Å². The van der Waals surface area contributed by atoms with Crippen LogP contribution in [0.1, 0.15) is 44.5 Å². The van der Waals surface area contributed by atoms with E-state index in [1.165, 1.54) is 83.5 Å². The van der Waals surface area contributed by atoms with E-state index in [-0.39, 0.29) is 0 Å². The lowest BCUT2D eigenvalue weighted by atomic mass is 9.67. The zero-order chi connectivity index (χ0) is 75.3. The summed E-state index contributed by atoms with van der Waals surface area (Å²) in [6.07, 6.45) is 0. The first-order valence-electron chi connectivity index (χ1n) is 39.3. The van der Waals surface area contributed by atoms with E-state index in [1.54, 1.807) is 0 Å². The summed E-state index contributed by atoms with van der Waals surface area (Å²) >= 11 is 0. The van der Waals surface area contributed by atoms with Crippen molar-refractivity contribution in [3.63, 3.8) is 0 Å². The Morgan fingerprint density at radius 2 is 0.439 bits per heavy atom. The molecule has 0 bridgehead atoms. The molecule has 2 aromatic heterocycles. The van der Waals surface area contributed by atoms with Gasteiger partial charge in [-0.15, -0.1) is 0 Å². The van der Waals surface area contributed by atoms with Crippen molar-refractivity contribution in [2.24, 2.45) is 0 Å². The molecule has 0 saturated carbocycles. The van der Waals surface area contributed by atoms with Gasteiger partial charge >= 0.3 is 0 Å². The molecular formula is C110H72N2O2. The molecule has 18 aromatic carbocycles. The van der Waals surface area contributed by atoms with Gasteiger partial charge in [0.25, 0.3) is 0 Å². The molecule has 4 nitrogen and oxygen atoms in total. The van der Waals surface area contributed by atoms with E-state index in [4.69, 9.17) is 8.83 Å². The van der Waals surface area contributed by atoms with Crippen LogP contribution in [-0.4, -0.2) is 0 Å². The molecule has 2 heterocycles. The van der Waals surface area contributed by atoms with Gasteiger partial charge in [-0.2, -0.15) is 0 Å². The molecule has 0 aliphatic heterocycles. The Hall–Kier alpha value is -14.8. The first kappa shape index (κ1) is 66.2. The molecule has 0 radical (unpaired) electrons. The van der Waals surface area contributed by atoms with Gasteiger partial charge in [0.1, 0.15) is 22.3 Å². The van der Waals surface area contributed by atoms with Crippen LogP contribution in [0, 0.1) is 0 Å². The second-order valence-electron chi connectivity index (χ2n) is 30.1. The Bertz CT molecular complexity index is 6920. The van der Waals surface area contributed by atoms with Crippen molar-refractivity contribution < 1.29 is 8.83 Å². The molecule has 2 aliphatic rings. The molecular weight excluding hydrogens is 1380 g/mol. The standard InChI is InChI=1S/C110H72N2O2/c1-6-22-73(23-7-1)77-40-55-87(56-41-77)111(88-61-46-80(47-62-88)76-38-51-85(52-39-76)109(83-28-12-4-13-29-83)99-35-19-16-33-97(99)105-101(109)70-68-95-93-32-18-21-37-103(93)113-107(95)105)91-63-48-81(49-64-91)82-50-67-94-96-69-71-102-106(108(96)114-104(94)72-82)98-34-17-20-36-100(98)110(102,84-30-14-5-15-31-84)86-53-65-92(66-54-86)112(89-57-42-78(43-58-89)74-24-8-2-9-25-74)90-59-44-79(45-60-90)75-26-10-3-11-27-75/h1-72H. The Morgan fingerprint density at radius 3 is 0.833 bits per heavy atom. The summed E-state index contributed by atoms with van der Waals surface area (Å²) in [7, 11) is 0. The number of hydrogen-bond donors (Lipinski definition) is 0. The molecule has 534 valence electrons. The summed E-state index contributed by atoms with van der Waals surface area (Å²) in [5.41, 5.74) is 34.5. The minimum Gasteiger partial charge on any atom is -0.455 e. The summed E-state index contributed by atoms with van der Waals surface area (Å²) in [4.78, 5) is 4.73. The Morgan fingerprint density at radius 1 is 0.175 bits per heavy atom. The van der Waals surface area contributed by atoms with Gasteiger partial charge in [0, 0.05) is 66.8 Å². The molecule has 2 unspecified atom stereocenters. The molecule has 0 fully saturated rings. The van der Waals surface area contributed by atoms with Gasteiger partial charge < -0.3 is 18.6 Å². The lowest BCUT2D eigenvalue weighted by molar-refractivity contribution is 0.668. The maximum atomic E-state index is 7.34. The van der Waals surface area contributed by atoms with Gasteiger partial charge in [-0.1, -0.05) is 346 Å². The number of fused-ring (bicyclic) bond motifs is 14. The fourth-order valence-electron chi connectivity index (χ4n) is 18.8. The zero-order valence-electron chi connectivity index (χ0n) is 62.3. The van der Waals surface area contributed by atoms with Crippen LogP contribution >= 0.6 is 0 Å². The highest BCUT2D eigenvalue weighted by Crippen LogP contribution is 2.61. The highest BCUT2D eigenvalue weighted by Gasteiger charge is 2.49. The van der Waals surface area contributed by atoms with E-state index in [1.807, 2.05) is 0 Å². The topological polar surface area (TPSA) is 32.8 Å². The van der Waals surface area contributed by atoms with Crippen LogP contribution in [0.3, 0.4) is 0 Å². The van der Waals surface area contributed by atoms with Gasteiger partial charge in [-0.25, -0.2) is 0 Å². The van der Waals surface area contributed by atoms with Gasteiger partial charge in [-0.05, 0) is 202 Å². The van der Waals surface area contributed by atoms with Crippen molar-refractivity contribution in [2.75, 3.05) is 9.80 Å². The van der Waals surface area contributed by atoms with Crippen molar-refractivity contribution in [1.82, 2.24) is 0 Å². The van der Waals surface area contributed by atoms with E-state index in [9.17, 15) is 0 Å². The average Bonchev–Trinajstić information content (AvgIpc) is 1.53. The molecule has 0 amide bonds. The van der Waals surface area contributed by atoms with E-state index in [0.717, 1.165) is 117 Å². The van der Waals surface area contributed by atoms with Crippen molar-refractivity contribution >= 4 is 78.0 Å². The quantitative estimate of drug-likeness (QED) is 0.102. The third kappa shape index (κ3) is 10.6. The zero-order valence-corrected chi connectivity index (χ0v) is 62.3. The minimum absolute atomic E-state index is 0.583. The normalized spacial score (nSPS) is 14.6. The Labute approximate surface area is 662 Å².